The zero-order valence-corrected chi connectivity index (χ0v) is 40.0. The minimum atomic E-state index is -1.06. The first-order valence-corrected chi connectivity index (χ1v) is 23.5. The number of aromatic nitrogens is 3. The lowest BCUT2D eigenvalue weighted by Crippen LogP contribution is -2.52. The van der Waals surface area contributed by atoms with Gasteiger partial charge in [-0.15, -0.1) is 0 Å². The van der Waals surface area contributed by atoms with Crippen LogP contribution in [0.25, 0.3) is 32.8 Å². The van der Waals surface area contributed by atoms with E-state index < -0.39 is 17.9 Å². The van der Waals surface area contributed by atoms with E-state index in [1.165, 1.54) is 17.0 Å². The van der Waals surface area contributed by atoms with E-state index in [0.717, 1.165) is 38.7 Å². The Morgan fingerprint density at radius 2 is 1.71 bits per heavy atom. The average molecular weight is 961 g/mol. The Labute approximate surface area is 403 Å². The quantitative estimate of drug-likeness (QED) is 0.0867. The molecule has 2 fully saturated rings. The molecule has 0 bridgehead atoms. The summed E-state index contributed by atoms with van der Waals surface area (Å²) in [5.41, 5.74) is 6.44. The maximum absolute atomic E-state index is 14.0. The number of anilines is 1. The summed E-state index contributed by atoms with van der Waals surface area (Å²) in [7, 11) is 5.54. The van der Waals surface area contributed by atoms with Gasteiger partial charge >= 0.3 is 5.97 Å². The fraction of sp³-hybridized carbons (Fsp3) is 0.373. The molecule has 360 valence electrons. The Bertz CT molecular complexity index is 3070. The molecule has 0 saturated carbocycles. The third-order valence-electron chi connectivity index (χ3n) is 13.7. The molecule has 3 aliphatic rings. The zero-order valence-electron chi connectivity index (χ0n) is 39.2. The molecule has 69 heavy (non-hydrogen) atoms. The second-order valence-corrected chi connectivity index (χ2v) is 18.5. The number of fused-ring (bicyclic) bond motifs is 3. The van der Waals surface area contributed by atoms with E-state index in [4.69, 9.17) is 21.1 Å². The first-order chi connectivity index (χ1) is 33.1. The number of piperidine rings is 1. The van der Waals surface area contributed by atoms with E-state index in [1.54, 1.807) is 27.8 Å². The monoisotopic (exact) mass is 960 g/mol. The van der Waals surface area contributed by atoms with Crippen molar-refractivity contribution in [2.24, 2.45) is 7.05 Å². The highest BCUT2D eigenvalue weighted by Crippen LogP contribution is 2.43. The smallest absolute Gasteiger partial charge is 0.352 e. The molecule has 9 rings (SSSR count). The van der Waals surface area contributed by atoms with Crippen LogP contribution in [0.15, 0.2) is 60.7 Å². The van der Waals surface area contributed by atoms with Gasteiger partial charge in [-0.05, 0) is 80.5 Å². The number of imide groups is 1. The van der Waals surface area contributed by atoms with Crippen LogP contribution in [0.2, 0.25) is 5.02 Å². The summed E-state index contributed by atoms with van der Waals surface area (Å²) < 4.78 is 30.0. The van der Waals surface area contributed by atoms with Crippen molar-refractivity contribution in [3.05, 3.63) is 105 Å². The highest BCUT2D eigenvalue weighted by molar-refractivity contribution is 6.35. The lowest BCUT2D eigenvalue weighted by atomic mass is 9.98. The maximum atomic E-state index is 14.0. The molecule has 4 amide bonds. The molecule has 6 aromatic rings. The van der Waals surface area contributed by atoms with Crippen molar-refractivity contribution in [3.8, 4) is 22.6 Å². The molecule has 2 N–H and O–H groups in total. The van der Waals surface area contributed by atoms with Crippen LogP contribution in [0.4, 0.5) is 10.1 Å². The van der Waals surface area contributed by atoms with Crippen molar-refractivity contribution in [1.29, 1.82) is 0 Å². The first kappa shape index (κ1) is 47.1. The van der Waals surface area contributed by atoms with E-state index in [1.807, 2.05) is 74.8 Å². The molecule has 5 heterocycles. The lowest BCUT2D eigenvalue weighted by molar-refractivity contribution is -0.137. The fourth-order valence-electron chi connectivity index (χ4n) is 10.1. The topological polar surface area (TPSA) is 172 Å². The number of halogens is 2. The number of carboxylic acids is 1. The van der Waals surface area contributed by atoms with Crippen LogP contribution in [-0.4, -0.2) is 130 Å². The molecule has 2 aromatic heterocycles. The normalized spacial score (nSPS) is 16.4. The maximum Gasteiger partial charge on any atom is 0.352 e. The van der Waals surface area contributed by atoms with Gasteiger partial charge in [0.2, 0.25) is 11.8 Å². The Balaban J connectivity index is 0.907. The number of nitrogens with one attached hydrogen (secondary N) is 1. The molecule has 4 aromatic carbocycles. The van der Waals surface area contributed by atoms with E-state index in [2.05, 4.69) is 15.3 Å². The van der Waals surface area contributed by atoms with Crippen molar-refractivity contribution in [1.82, 2.24) is 34.4 Å². The predicted molar refractivity (Wildman–Crippen MR) is 259 cm³/mol. The van der Waals surface area contributed by atoms with Gasteiger partial charge in [0.05, 0.1) is 34.9 Å². The predicted octanol–water partition coefficient (Wildman–Crippen LogP) is 6.36. The number of carbonyl (C=O) groups excluding carboxylic acids is 4. The number of amides is 4. The summed E-state index contributed by atoms with van der Waals surface area (Å²) >= 11 is 7.08. The molecule has 16 nitrogen and oxygen atoms in total. The van der Waals surface area contributed by atoms with Crippen molar-refractivity contribution < 1.29 is 42.9 Å². The van der Waals surface area contributed by atoms with Gasteiger partial charge in [0.1, 0.15) is 29.1 Å². The number of aryl methyl sites for hydroxylation is 3. The number of carbonyl (C=O) groups is 5. The van der Waals surface area contributed by atoms with Gasteiger partial charge in [-0.3, -0.25) is 34.1 Å². The molecule has 0 radical (unpaired) electrons. The summed E-state index contributed by atoms with van der Waals surface area (Å²) in [6, 6.07) is 16.5. The van der Waals surface area contributed by atoms with Crippen molar-refractivity contribution in [2.45, 2.75) is 58.7 Å². The third-order valence-corrected chi connectivity index (χ3v) is 14.0. The van der Waals surface area contributed by atoms with Crippen molar-refractivity contribution in [2.75, 3.05) is 64.9 Å². The summed E-state index contributed by atoms with van der Waals surface area (Å²) in [6.07, 6.45) is 1.26. The Kier molecular flexibility index (Phi) is 13.1. The van der Waals surface area contributed by atoms with Crippen molar-refractivity contribution >= 4 is 68.6 Å². The van der Waals surface area contributed by atoms with Crippen molar-refractivity contribution in [3.63, 3.8) is 0 Å². The van der Waals surface area contributed by atoms with Gasteiger partial charge in [0.25, 0.3) is 11.8 Å². The van der Waals surface area contributed by atoms with Gasteiger partial charge in [-0.25, -0.2) is 9.18 Å². The number of benzene rings is 4. The number of nitrogens with zero attached hydrogens (tertiary/aromatic N) is 7. The number of hydrogen-bond acceptors (Lipinski definition) is 10. The first-order valence-electron chi connectivity index (χ1n) is 23.1. The van der Waals surface area contributed by atoms with E-state index in [0.29, 0.717) is 103 Å². The van der Waals surface area contributed by atoms with Crippen LogP contribution < -0.4 is 19.7 Å². The third kappa shape index (κ3) is 9.08. The highest BCUT2D eigenvalue weighted by atomic mass is 35.5. The lowest BCUT2D eigenvalue weighted by Gasteiger charge is -2.35. The van der Waals surface area contributed by atoms with Gasteiger partial charge in [-0.1, -0.05) is 29.8 Å². The number of carboxylic acid groups (broad SMARTS) is 1. The van der Waals surface area contributed by atoms with Crippen LogP contribution in [0.5, 0.6) is 11.5 Å². The van der Waals surface area contributed by atoms with Gasteiger partial charge in [-0.2, -0.15) is 5.10 Å². The molecule has 18 heteroatoms. The molecule has 0 spiro atoms. The van der Waals surface area contributed by atoms with Crippen LogP contribution in [0.3, 0.4) is 0 Å². The standard InChI is InChI=1S/C51H54ClFN8O8/c1-29-45(30(2)57(5)55-29)46-39(52)14-13-36-35(9-7-23-68-41-10-6-8-31-24-32(53)11-12-34(31)41)48(51(66)67)60(47(36)46)22-19-58-17-20-59(21-18-58)44(63)28-69-42-26-33(56(3)4)25-37-38(42)27-61(50(37)65)40-15-16-43(62)54-49(40)64/h6,8,10-14,24-26,40H,7,9,15-23,27-28H2,1-5H3,(H,66,67)(H,54,62,64). The molecule has 1 unspecified atom stereocenters. The number of piperazine rings is 1. The minimum absolute atomic E-state index is 0.109. The van der Waals surface area contributed by atoms with Crippen LogP contribution >= 0.6 is 11.6 Å². The second-order valence-electron chi connectivity index (χ2n) is 18.1. The molecule has 3 aliphatic heterocycles. The zero-order chi connectivity index (χ0) is 48.8. The number of ether oxygens (including phenoxy) is 2. The molecule has 2 saturated heterocycles. The molecular weight excluding hydrogens is 907 g/mol. The summed E-state index contributed by atoms with van der Waals surface area (Å²) in [5, 5.41) is 20.8. The van der Waals surface area contributed by atoms with Crippen LogP contribution in [-0.2, 0) is 40.9 Å². The average Bonchev–Trinajstić information content (AvgIpc) is 3.91. The van der Waals surface area contributed by atoms with E-state index >= 15 is 0 Å². The summed E-state index contributed by atoms with van der Waals surface area (Å²) in [5.74, 6) is -1.83. The molecular formula is C51H54ClFN8O8. The number of hydrogen-bond donors (Lipinski definition) is 2. The SMILES string of the molecule is Cc1nn(C)c(C)c1-c1c(Cl)ccc2c(CCCOc3cccc4cc(F)ccc34)c(C(=O)O)n(CCN3CCN(C(=O)COc4cc(N(C)C)cc5c4CN(C4CCC(=O)NC4=O)C5=O)CC3)c12. The molecule has 0 aliphatic carbocycles. The Hall–Kier alpha value is -6.98. The van der Waals surface area contributed by atoms with Gasteiger partial charge < -0.3 is 33.8 Å². The van der Waals surface area contributed by atoms with Crippen LogP contribution in [0.1, 0.15) is 62.6 Å². The van der Waals surface area contributed by atoms with Gasteiger partial charge in [0, 0.05) is 112 Å². The molecule has 1 atom stereocenters. The fourth-order valence-corrected chi connectivity index (χ4v) is 10.3. The summed E-state index contributed by atoms with van der Waals surface area (Å²) in [4.78, 5) is 72.6. The highest BCUT2D eigenvalue weighted by Gasteiger charge is 2.41. The van der Waals surface area contributed by atoms with E-state index in [9.17, 15) is 33.5 Å². The largest absolute Gasteiger partial charge is 0.493 e. The Morgan fingerprint density at radius 1 is 0.942 bits per heavy atom. The van der Waals surface area contributed by atoms with Crippen LogP contribution in [0, 0.1) is 19.7 Å². The number of rotatable bonds is 15. The number of aromatic carboxylic acids is 1. The Morgan fingerprint density at radius 3 is 2.42 bits per heavy atom. The summed E-state index contributed by atoms with van der Waals surface area (Å²) in [6.45, 7) is 6.75. The second kappa shape index (κ2) is 19.2. The van der Waals surface area contributed by atoms with E-state index in [-0.39, 0.29) is 55.2 Å². The minimum Gasteiger partial charge on any atom is -0.493 e. The van der Waals surface area contributed by atoms with Gasteiger partial charge in [0.15, 0.2) is 6.61 Å².